The molecule has 2 aliphatic heterocycles. The predicted octanol–water partition coefficient (Wildman–Crippen LogP) is 13.6. The van der Waals surface area contributed by atoms with Gasteiger partial charge in [-0.3, -0.25) is 29.8 Å². The third-order valence-corrected chi connectivity index (χ3v) is 13.1. The molecule has 0 fully saturated rings. The zero-order valence-electron chi connectivity index (χ0n) is 34.4. The molecule has 0 radical (unpaired) electrons. The molecule has 5 aromatic carbocycles. The molecule has 2 heterocycles. The van der Waals surface area contributed by atoms with Gasteiger partial charge in [-0.1, -0.05) is 149 Å². The van der Waals surface area contributed by atoms with Gasteiger partial charge in [0, 0.05) is 27.5 Å². The first-order valence-corrected chi connectivity index (χ1v) is 22.3. The van der Waals surface area contributed by atoms with E-state index in [-0.39, 0.29) is 35.5 Å². The zero-order chi connectivity index (χ0) is 39.3. The highest BCUT2D eigenvalue weighted by Gasteiger charge is 2.37. The van der Waals surface area contributed by atoms with Crippen LogP contribution >= 0.6 is 0 Å². The SMILES string of the molecule is CCCCCCC(CCCCCC)c1c2c3c(ccc4c5ccc6c7c(ccc(c(c1C(CCCCCC)CCCCCC)c34)c75)C(=O)NC6=O)C(=O)NC2=O. The summed E-state index contributed by atoms with van der Waals surface area (Å²) in [5.74, 6) is -0.933. The molecule has 0 unspecified atom stereocenters. The van der Waals surface area contributed by atoms with Crippen molar-refractivity contribution in [2.75, 3.05) is 0 Å². The number of unbranched alkanes of at least 4 members (excludes halogenated alkanes) is 12. The molecule has 4 amide bonds. The fraction of sp³-hybridized carbons (Fsp3) is 0.520. The molecule has 56 heavy (non-hydrogen) atoms. The van der Waals surface area contributed by atoms with Gasteiger partial charge < -0.3 is 0 Å². The third-order valence-electron chi connectivity index (χ3n) is 13.1. The van der Waals surface area contributed by atoms with E-state index in [4.69, 9.17) is 0 Å². The van der Waals surface area contributed by atoms with E-state index in [2.05, 4.69) is 44.4 Å². The van der Waals surface area contributed by atoms with Gasteiger partial charge in [0.2, 0.25) is 0 Å². The number of hydrogen-bond donors (Lipinski definition) is 2. The molecule has 2 N–H and O–H groups in total. The van der Waals surface area contributed by atoms with Crippen molar-refractivity contribution in [1.29, 1.82) is 0 Å². The first-order chi connectivity index (χ1) is 27.4. The van der Waals surface area contributed by atoms with Crippen molar-refractivity contribution in [2.45, 2.75) is 168 Å². The van der Waals surface area contributed by atoms with E-state index in [1.807, 2.05) is 30.3 Å². The van der Waals surface area contributed by atoms with Crippen LogP contribution in [-0.4, -0.2) is 23.6 Å². The lowest BCUT2D eigenvalue weighted by molar-refractivity contribution is 0.0828. The normalized spacial score (nSPS) is 14.1. The van der Waals surface area contributed by atoms with Crippen LogP contribution in [0.25, 0.3) is 43.1 Å². The molecule has 0 atom stereocenters. The Labute approximate surface area is 333 Å². The Morgan fingerprint density at radius 2 is 0.768 bits per heavy atom. The van der Waals surface area contributed by atoms with Crippen LogP contribution in [0.5, 0.6) is 0 Å². The van der Waals surface area contributed by atoms with E-state index in [0.29, 0.717) is 22.1 Å². The average molecular weight is 755 g/mol. The van der Waals surface area contributed by atoms with Crippen LogP contribution in [0.3, 0.4) is 0 Å². The van der Waals surface area contributed by atoms with Gasteiger partial charge in [-0.05, 0) is 99.2 Å². The highest BCUT2D eigenvalue weighted by molar-refractivity contribution is 6.42. The zero-order valence-corrected chi connectivity index (χ0v) is 34.4. The van der Waals surface area contributed by atoms with Gasteiger partial charge in [0.05, 0.1) is 5.56 Å². The molecular weight excluding hydrogens is 693 g/mol. The lowest BCUT2D eigenvalue weighted by Gasteiger charge is -2.34. The number of amides is 4. The van der Waals surface area contributed by atoms with Gasteiger partial charge in [-0.15, -0.1) is 0 Å². The van der Waals surface area contributed by atoms with Crippen molar-refractivity contribution in [3.8, 4) is 0 Å². The van der Waals surface area contributed by atoms with E-state index in [1.165, 1.54) is 88.2 Å². The summed E-state index contributed by atoms with van der Waals surface area (Å²) in [4.78, 5) is 55.3. The number of hydrogen-bond acceptors (Lipinski definition) is 4. The Balaban J connectivity index is 1.64. The van der Waals surface area contributed by atoms with Crippen molar-refractivity contribution < 1.29 is 19.2 Å². The van der Waals surface area contributed by atoms with E-state index in [9.17, 15) is 19.2 Å². The van der Waals surface area contributed by atoms with Crippen LogP contribution in [0.4, 0.5) is 0 Å². The Morgan fingerprint density at radius 1 is 0.375 bits per heavy atom. The summed E-state index contributed by atoms with van der Waals surface area (Å²) >= 11 is 0. The van der Waals surface area contributed by atoms with Crippen molar-refractivity contribution >= 4 is 66.7 Å². The minimum absolute atomic E-state index is 0.173. The fourth-order valence-electron chi connectivity index (χ4n) is 10.4. The van der Waals surface area contributed by atoms with E-state index in [0.717, 1.165) is 94.6 Å². The summed E-state index contributed by atoms with van der Waals surface area (Å²) in [7, 11) is 0. The number of rotatable bonds is 22. The number of fused-ring (bicyclic) bond motifs is 2. The lowest BCUT2D eigenvalue weighted by Crippen LogP contribution is -2.36. The second kappa shape index (κ2) is 17.9. The molecule has 6 nitrogen and oxygen atoms in total. The molecule has 0 aromatic heterocycles. The van der Waals surface area contributed by atoms with Crippen molar-refractivity contribution in [2.24, 2.45) is 0 Å². The molecular formula is C50H62N2O4. The Hall–Kier alpha value is -4.32. The van der Waals surface area contributed by atoms with Crippen molar-refractivity contribution in [1.82, 2.24) is 10.6 Å². The van der Waals surface area contributed by atoms with Crippen LogP contribution in [0.1, 0.15) is 221 Å². The summed E-state index contributed by atoms with van der Waals surface area (Å²) in [6.07, 6.45) is 22.7. The third kappa shape index (κ3) is 7.34. The van der Waals surface area contributed by atoms with Gasteiger partial charge in [0.25, 0.3) is 23.6 Å². The highest BCUT2D eigenvalue weighted by Crippen LogP contribution is 2.53. The predicted molar refractivity (Wildman–Crippen MR) is 232 cm³/mol. The maximum atomic E-state index is 14.7. The number of carbonyl (C=O) groups excluding carboxylic acids is 4. The standard InChI is InChI=1S/C50H62N2O4/c1-5-9-13-17-21-31(22-18-14-10-6-2)39-40(32(23-19-15-11-7-3)24-20-16-12-8-4)46-45-38(49(55)52-50(46)56)29-26-34-33-25-28-36-42-37(48(54)51-47(36)53)30-27-35(41(33)42)44(39)43(34)45/h25-32H,5-24H2,1-4H3,(H,51,53,54)(H,52,55,56). The van der Waals surface area contributed by atoms with Gasteiger partial charge in [-0.25, -0.2) is 0 Å². The quantitative estimate of drug-likeness (QED) is 0.0318. The van der Waals surface area contributed by atoms with Gasteiger partial charge in [0.1, 0.15) is 0 Å². The van der Waals surface area contributed by atoms with E-state index >= 15 is 0 Å². The summed E-state index contributed by atoms with van der Waals surface area (Å²) in [6.45, 7) is 9.04. The van der Waals surface area contributed by atoms with Crippen LogP contribution < -0.4 is 10.6 Å². The first kappa shape index (κ1) is 39.9. The number of benzene rings is 5. The maximum absolute atomic E-state index is 14.7. The number of nitrogens with one attached hydrogen (secondary N) is 2. The molecule has 0 saturated carbocycles. The topological polar surface area (TPSA) is 92.3 Å². The molecule has 7 rings (SSSR count). The smallest absolute Gasteiger partial charge is 0.259 e. The minimum atomic E-state index is -0.366. The molecule has 0 aliphatic carbocycles. The fourth-order valence-corrected chi connectivity index (χ4v) is 10.4. The molecule has 6 heteroatoms. The molecule has 5 aromatic rings. The Morgan fingerprint density at radius 3 is 1.23 bits per heavy atom. The summed E-state index contributed by atoms with van der Waals surface area (Å²) in [5, 5.41) is 12.9. The lowest BCUT2D eigenvalue weighted by atomic mass is 9.70. The number of carbonyl (C=O) groups is 4. The molecule has 0 bridgehead atoms. The molecule has 0 saturated heterocycles. The summed E-state index contributed by atoms with van der Waals surface area (Å²) in [6, 6.07) is 11.8. The van der Waals surface area contributed by atoms with Crippen LogP contribution in [0.15, 0.2) is 36.4 Å². The monoisotopic (exact) mass is 754 g/mol. The summed E-state index contributed by atoms with van der Waals surface area (Å²) < 4.78 is 0. The van der Waals surface area contributed by atoms with Gasteiger partial charge >= 0.3 is 0 Å². The molecule has 296 valence electrons. The molecule has 2 aliphatic rings. The minimum Gasteiger partial charge on any atom is -0.288 e. The first-order valence-electron chi connectivity index (χ1n) is 22.3. The van der Waals surface area contributed by atoms with Crippen LogP contribution in [-0.2, 0) is 0 Å². The molecule has 0 spiro atoms. The Bertz CT molecular complexity index is 2220. The van der Waals surface area contributed by atoms with Gasteiger partial charge in [-0.2, -0.15) is 0 Å². The largest absolute Gasteiger partial charge is 0.288 e. The second-order valence-electron chi connectivity index (χ2n) is 16.9. The summed E-state index contributed by atoms with van der Waals surface area (Å²) in [5.41, 5.74) is 4.81. The maximum Gasteiger partial charge on any atom is 0.259 e. The Kier molecular flexibility index (Phi) is 12.7. The number of imide groups is 2. The van der Waals surface area contributed by atoms with Crippen LogP contribution in [0, 0.1) is 0 Å². The van der Waals surface area contributed by atoms with Gasteiger partial charge in [0.15, 0.2) is 0 Å². The average Bonchev–Trinajstić information content (AvgIpc) is 3.19. The second-order valence-corrected chi connectivity index (χ2v) is 16.9. The van der Waals surface area contributed by atoms with Crippen molar-refractivity contribution in [3.05, 3.63) is 69.8 Å². The van der Waals surface area contributed by atoms with E-state index < -0.39 is 0 Å². The van der Waals surface area contributed by atoms with Crippen LogP contribution in [0.2, 0.25) is 0 Å². The van der Waals surface area contributed by atoms with Crippen molar-refractivity contribution in [3.63, 3.8) is 0 Å². The highest BCUT2D eigenvalue weighted by atomic mass is 16.2. The van der Waals surface area contributed by atoms with E-state index in [1.54, 1.807) is 0 Å².